The first-order valence-electron chi connectivity index (χ1n) is 5.94. The number of halogens is 2. The van der Waals surface area contributed by atoms with Crippen molar-refractivity contribution in [3.05, 3.63) is 28.0 Å². The third-order valence-electron chi connectivity index (χ3n) is 3.15. The van der Waals surface area contributed by atoms with Crippen molar-refractivity contribution in [1.82, 2.24) is 4.90 Å². The lowest BCUT2D eigenvalue weighted by molar-refractivity contribution is 0.0785. The van der Waals surface area contributed by atoms with Crippen LogP contribution in [-0.4, -0.2) is 44.6 Å². The van der Waals surface area contributed by atoms with Gasteiger partial charge < -0.3 is 10.6 Å². The Kier molecular flexibility index (Phi) is 4.17. The minimum atomic E-state index is -3.75. The van der Waals surface area contributed by atoms with Gasteiger partial charge in [-0.15, -0.1) is 0 Å². The fourth-order valence-electron chi connectivity index (χ4n) is 2.13. The van der Waals surface area contributed by atoms with Gasteiger partial charge in [-0.3, -0.25) is 4.79 Å². The van der Waals surface area contributed by atoms with E-state index in [0.717, 1.165) is 12.3 Å². The Bertz CT molecular complexity index is 663. The molecule has 1 aromatic rings. The average Bonchev–Trinajstić information content (AvgIpc) is 2.76. The molecule has 1 unspecified atom stereocenters. The molecule has 5 nitrogen and oxygen atoms in total. The zero-order chi connectivity index (χ0) is 15.1. The predicted molar refractivity (Wildman–Crippen MR) is 75.7 cm³/mol. The number of hydrogen-bond acceptors (Lipinski definition) is 4. The highest BCUT2D eigenvalue weighted by Gasteiger charge is 2.29. The van der Waals surface area contributed by atoms with Gasteiger partial charge in [-0.1, -0.05) is 15.9 Å². The highest BCUT2D eigenvalue weighted by atomic mass is 79.9. The fourth-order valence-corrected chi connectivity index (χ4v) is 3.52. The predicted octanol–water partition coefficient (Wildman–Crippen LogP) is 1.16. The first-order valence-corrected chi connectivity index (χ1v) is 8.62. The number of benzene rings is 1. The molecule has 8 heteroatoms. The molecule has 1 aromatic carbocycles. The molecule has 2 N–H and O–H groups in total. The summed E-state index contributed by atoms with van der Waals surface area (Å²) < 4.78 is 37.7. The molecule has 1 aliphatic heterocycles. The standard InChI is InChI=1S/C12H14BrFN2O3S/c1-20(18,19)10-5-7(13)4-9(11(10)14)12(17)16-3-2-8(15)6-16/h4-5,8H,2-3,6,15H2,1H3. The highest BCUT2D eigenvalue weighted by Crippen LogP contribution is 2.26. The van der Waals surface area contributed by atoms with Crippen molar-refractivity contribution in [3.63, 3.8) is 0 Å². The largest absolute Gasteiger partial charge is 0.337 e. The SMILES string of the molecule is CS(=O)(=O)c1cc(Br)cc(C(=O)N2CCC(N)C2)c1F. The van der Waals surface area contributed by atoms with E-state index in [0.29, 0.717) is 24.0 Å². The molecule has 1 atom stereocenters. The van der Waals surface area contributed by atoms with E-state index in [9.17, 15) is 17.6 Å². The van der Waals surface area contributed by atoms with Gasteiger partial charge in [-0.05, 0) is 18.6 Å². The Balaban J connectivity index is 2.47. The van der Waals surface area contributed by atoms with Crippen molar-refractivity contribution in [2.24, 2.45) is 5.73 Å². The zero-order valence-electron chi connectivity index (χ0n) is 10.8. The summed E-state index contributed by atoms with van der Waals surface area (Å²) >= 11 is 3.10. The Morgan fingerprint density at radius 1 is 1.50 bits per heavy atom. The van der Waals surface area contributed by atoms with Gasteiger partial charge in [0.15, 0.2) is 15.7 Å². The number of amides is 1. The van der Waals surface area contributed by atoms with E-state index >= 15 is 0 Å². The fraction of sp³-hybridized carbons (Fsp3) is 0.417. The summed E-state index contributed by atoms with van der Waals surface area (Å²) in [7, 11) is -3.75. The number of likely N-dealkylation sites (tertiary alicyclic amines) is 1. The number of nitrogens with two attached hydrogens (primary N) is 1. The average molecular weight is 365 g/mol. The van der Waals surface area contributed by atoms with Gasteiger partial charge >= 0.3 is 0 Å². The molecule has 1 fully saturated rings. The molecule has 1 aliphatic rings. The van der Waals surface area contributed by atoms with Crippen LogP contribution in [0, 0.1) is 5.82 Å². The van der Waals surface area contributed by atoms with E-state index in [4.69, 9.17) is 5.73 Å². The van der Waals surface area contributed by atoms with Crippen LogP contribution >= 0.6 is 15.9 Å². The van der Waals surface area contributed by atoms with Crippen molar-refractivity contribution in [3.8, 4) is 0 Å². The molecule has 1 saturated heterocycles. The summed E-state index contributed by atoms with van der Waals surface area (Å²) in [5.41, 5.74) is 5.46. The van der Waals surface area contributed by atoms with Crippen LogP contribution in [0.15, 0.2) is 21.5 Å². The van der Waals surface area contributed by atoms with Crippen LogP contribution in [0.1, 0.15) is 16.8 Å². The Hall–Kier alpha value is -0.990. The second-order valence-electron chi connectivity index (χ2n) is 4.84. The lowest BCUT2D eigenvalue weighted by Crippen LogP contribution is -2.32. The molecule has 0 aromatic heterocycles. The monoisotopic (exact) mass is 364 g/mol. The quantitative estimate of drug-likeness (QED) is 0.853. The second-order valence-corrected chi connectivity index (χ2v) is 7.74. The maximum Gasteiger partial charge on any atom is 0.256 e. The van der Waals surface area contributed by atoms with Gasteiger partial charge in [-0.2, -0.15) is 0 Å². The molecule has 0 saturated carbocycles. The van der Waals surface area contributed by atoms with Crippen LogP contribution in [0.25, 0.3) is 0 Å². The molecule has 1 heterocycles. The topological polar surface area (TPSA) is 80.5 Å². The molecule has 0 radical (unpaired) electrons. The van der Waals surface area contributed by atoms with Gasteiger partial charge in [0.05, 0.1) is 5.56 Å². The van der Waals surface area contributed by atoms with Gasteiger partial charge in [0.2, 0.25) is 0 Å². The summed E-state index contributed by atoms with van der Waals surface area (Å²) in [5, 5.41) is 0. The number of hydrogen-bond donors (Lipinski definition) is 1. The number of nitrogens with zero attached hydrogens (tertiary/aromatic N) is 1. The van der Waals surface area contributed by atoms with Gasteiger partial charge in [0.1, 0.15) is 4.90 Å². The van der Waals surface area contributed by atoms with Crippen LogP contribution in [0.2, 0.25) is 0 Å². The molecular formula is C12H14BrFN2O3S. The van der Waals surface area contributed by atoms with Crippen LogP contribution in [0.5, 0.6) is 0 Å². The maximum absolute atomic E-state index is 14.3. The van der Waals surface area contributed by atoms with E-state index in [1.165, 1.54) is 11.0 Å². The lowest BCUT2D eigenvalue weighted by Gasteiger charge is -2.17. The molecule has 1 amide bonds. The molecule has 0 spiro atoms. The van der Waals surface area contributed by atoms with Crippen LogP contribution in [-0.2, 0) is 9.84 Å². The Morgan fingerprint density at radius 2 is 2.15 bits per heavy atom. The summed E-state index contributed by atoms with van der Waals surface area (Å²) in [6.45, 7) is 0.791. The van der Waals surface area contributed by atoms with Crippen molar-refractivity contribution >= 4 is 31.7 Å². The summed E-state index contributed by atoms with van der Waals surface area (Å²) in [6, 6.07) is 2.32. The molecule has 0 aliphatic carbocycles. The van der Waals surface area contributed by atoms with E-state index < -0.39 is 26.5 Å². The number of rotatable bonds is 2. The number of sulfone groups is 1. The van der Waals surface area contributed by atoms with Gasteiger partial charge in [-0.25, -0.2) is 12.8 Å². The lowest BCUT2D eigenvalue weighted by atomic mass is 10.2. The first-order chi connectivity index (χ1) is 9.20. The summed E-state index contributed by atoms with van der Waals surface area (Å²) in [4.78, 5) is 13.2. The summed E-state index contributed by atoms with van der Waals surface area (Å²) in [5.74, 6) is -1.55. The van der Waals surface area contributed by atoms with Crippen molar-refractivity contribution in [2.45, 2.75) is 17.4 Å². The normalized spacial score (nSPS) is 19.4. The molecular weight excluding hydrogens is 351 g/mol. The van der Waals surface area contributed by atoms with Crippen molar-refractivity contribution < 1.29 is 17.6 Å². The maximum atomic E-state index is 14.3. The van der Waals surface area contributed by atoms with E-state index in [-0.39, 0.29) is 11.6 Å². The van der Waals surface area contributed by atoms with Crippen molar-refractivity contribution in [2.75, 3.05) is 19.3 Å². The van der Waals surface area contributed by atoms with Crippen LogP contribution in [0.4, 0.5) is 4.39 Å². The Labute approximate surface area is 125 Å². The molecule has 20 heavy (non-hydrogen) atoms. The molecule has 2 rings (SSSR count). The zero-order valence-corrected chi connectivity index (χ0v) is 13.2. The highest BCUT2D eigenvalue weighted by molar-refractivity contribution is 9.10. The van der Waals surface area contributed by atoms with E-state index in [1.54, 1.807) is 0 Å². The number of carbonyl (C=O) groups excluding carboxylic acids is 1. The minimum Gasteiger partial charge on any atom is -0.337 e. The minimum absolute atomic E-state index is 0.122. The van der Waals surface area contributed by atoms with E-state index in [2.05, 4.69) is 15.9 Å². The van der Waals surface area contributed by atoms with E-state index in [1.807, 2.05) is 0 Å². The smallest absolute Gasteiger partial charge is 0.256 e. The molecule has 0 bridgehead atoms. The van der Waals surface area contributed by atoms with Crippen molar-refractivity contribution in [1.29, 1.82) is 0 Å². The van der Waals surface area contributed by atoms with Gasteiger partial charge in [0, 0.05) is 29.9 Å². The second kappa shape index (κ2) is 5.42. The Morgan fingerprint density at radius 3 is 2.65 bits per heavy atom. The van der Waals surface area contributed by atoms with Gasteiger partial charge in [0.25, 0.3) is 5.91 Å². The first kappa shape index (κ1) is 15.4. The summed E-state index contributed by atoms with van der Waals surface area (Å²) in [6.07, 6.45) is 1.55. The third kappa shape index (κ3) is 3.02. The third-order valence-corrected chi connectivity index (χ3v) is 4.70. The van der Waals surface area contributed by atoms with Crippen LogP contribution < -0.4 is 5.73 Å². The van der Waals surface area contributed by atoms with Crippen LogP contribution in [0.3, 0.4) is 0 Å². The molecule has 110 valence electrons. The number of carbonyl (C=O) groups is 1.